The molecule has 0 aromatic carbocycles. The average Bonchev–Trinajstić information content (AvgIpc) is 2.31. The third kappa shape index (κ3) is 1.62. The fourth-order valence-electron chi connectivity index (χ4n) is 0.984. The number of aliphatic hydroxyl groups is 3. The second kappa shape index (κ2) is 3.29. The van der Waals surface area contributed by atoms with Crippen molar-refractivity contribution in [2.75, 3.05) is 0 Å². The first kappa shape index (κ1) is 9.90. The molecule has 0 spiro atoms. The van der Waals surface area contributed by atoms with Gasteiger partial charge in [-0.05, 0) is 0 Å². The van der Waals surface area contributed by atoms with Gasteiger partial charge in [0.15, 0.2) is 18.3 Å². The molecule has 1 saturated heterocycles. The van der Waals surface area contributed by atoms with Gasteiger partial charge in [0, 0.05) is 0 Å². The lowest BCUT2D eigenvalue weighted by Crippen LogP contribution is -2.42. The first-order valence-corrected chi connectivity index (χ1v) is 3.42. The zero-order chi connectivity index (χ0) is 10.2. The van der Waals surface area contributed by atoms with Gasteiger partial charge in [-0.1, -0.05) is 0 Å². The highest BCUT2D eigenvalue weighted by atomic mass is 16.6. The Bertz CT molecular complexity index is 237. The van der Waals surface area contributed by atoms with Gasteiger partial charge in [-0.15, -0.1) is 0 Å². The molecule has 1 rings (SSSR count). The summed E-state index contributed by atoms with van der Waals surface area (Å²) >= 11 is 0. The standard InChI is InChI=1S/C6H8O7/c7-1-2(8)6(12)13-4(1)3(9)5(10)11/h1-4,7-9H,(H,10,11)/t1-,2-,3?,4-/m1/s1. The van der Waals surface area contributed by atoms with Crippen molar-refractivity contribution in [3.05, 3.63) is 0 Å². The van der Waals surface area contributed by atoms with Crippen LogP contribution in [0.4, 0.5) is 0 Å². The number of rotatable bonds is 2. The van der Waals surface area contributed by atoms with E-state index in [1.807, 2.05) is 0 Å². The van der Waals surface area contributed by atoms with E-state index in [2.05, 4.69) is 4.74 Å². The molecule has 0 saturated carbocycles. The Morgan fingerprint density at radius 3 is 2.31 bits per heavy atom. The highest BCUT2D eigenvalue weighted by molar-refractivity contribution is 5.80. The molecule has 1 unspecified atom stereocenters. The molecule has 4 atom stereocenters. The molecule has 0 aromatic rings. The van der Waals surface area contributed by atoms with Gasteiger partial charge in [0.1, 0.15) is 6.10 Å². The van der Waals surface area contributed by atoms with Crippen molar-refractivity contribution in [1.82, 2.24) is 0 Å². The third-order valence-electron chi connectivity index (χ3n) is 1.72. The summed E-state index contributed by atoms with van der Waals surface area (Å²) in [7, 11) is 0. The summed E-state index contributed by atoms with van der Waals surface area (Å²) in [6, 6.07) is 0. The monoisotopic (exact) mass is 192 g/mol. The zero-order valence-electron chi connectivity index (χ0n) is 6.32. The SMILES string of the molecule is O=C(O)C(O)[C@@H]1OC(=O)[C@H](O)[C@H]1O. The van der Waals surface area contributed by atoms with E-state index in [-0.39, 0.29) is 0 Å². The topological polar surface area (TPSA) is 124 Å². The number of cyclic esters (lactones) is 1. The smallest absolute Gasteiger partial charge is 0.338 e. The number of esters is 1. The molecule has 13 heavy (non-hydrogen) atoms. The minimum Gasteiger partial charge on any atom is -0.479 e. The normalized spacial score (nSPS) is 35.6. The number of carboxylic acids is 1. The van der Waals surface area contributed by atoms with Crippen LogP contribution in [0.5, 0.6) is 0 Å². The van der Waals surface area contributed by atoms with Gasteiger partial charge in [0.05, 0.1) is 0 Å². The number of aliphatic carboxylic acids is 1. The molecule has 4 N–H and O–H groups in total. The predicted molar refractivity (Wildman–Crippen MR) is 35.5 cm³/mol. The van der Waals surface area contributed by atoms with E-state index in [1.165, 1.54) is 0 Å². The number of carbonyl (C=O) groups is 2. The molecule has 7 heteroatoms. The summed E-state index contributed by atoms with van der Waals surface area (Å²) in [5, 5.41) is 35.0. The Morgan fingerprint density at radius 1 is 1.46 bits per heavy atom. The largest absolute Gasteiger partial charge is 0.479 e. The van der Waals surface area contributed by atoms with Crippen molar-refractivity contribution in [2.24, 2.45) is 0 Å². The lowest BCUT2D eigenvalue weighted by Gasteiger charge is -2.15. The van der Waals surface area contributed by atoms with Crippen LogP contribution in [0.3, 0.4) is 0 Å². The fourth-order valence-corrected chi connectivity index (χ4v) is 0.984. The van der Waals surface area contributed by atoms with Crippen LogP contribution in [-0.2, 0) is 14.3 Å². The van der Waals surface area contributed by atoms with Crippen molar-refractivity contribution in [3.8, 4) is 0 Å². The zero-order valence-corrected chi connectivity index (χ0v) is 6.32. The summed E-state index contributed by atoms with van der Waals surface area (Å²) < 4.78 is 4.24. The summed E-state index contributed by atoms with van der Waals surface area (Å²) in [5.74, 6) is -2.77. The molecule has 1 aliphatic rings. The quantitative estimate of drug-likeness (QED) is 0.345. The Morgan fingerprint density at radius 2 is 2.00 bits per heavy atom. The lowest BCUT2D eigenvalue weighted by molar-refractivity contribution is -0.161. The van der Waals surface area contributed by atoms with Gasteiger partial charge >= 0.3 is 11.9 Å². The van der Waals surface area contributed by atoms with E-state index in [0.29, 0.717) is 0 Å². The van der Waals surface area contributed by atoms with Crippen LogP contribution in [0.1, 0.15) is 0 Å². The molecule has 0 radical (unpaired) electrons. The van der Waals surface area contributed by atoms with E-state index < -0.39 is 36.4 Å². The maximum Gasteiger partial charge on any atom is 0.338 e. The van der Waals surface area contributed by atoms with E-state index in [9.17, 15) is 9.59 Å². The van der Waals surface area contributed by atoms with Crippen LogP contribution in [0.2, 0.25) is 0 Å². The van der Waals surface area contributed by atoms with Crippen molar-refractivity contribution in [3.63, 3.8) is 0 Å². The molecular weight excluding hydrogens is 184 g/mol. The third-order valence-corrected chi connectivity index (χ3v) is 1.72. The second-order valence-electron chi connectivity index (χ2n) is 2.62. The lowest BCUT2D eigenvalue weighted by atomic mass is 10.1. The maximum absolute atomic E-state index is 10.6. The van der Waals surface area contributed by atoms with E-state index in [1.54, 1.807) is 0 Å². The molecule has 7 nitrogen and oxygen atoms in total. The second-order valence-corrected chi connectivity index (χ2v) is 2.62. The molecular formula is C6H8O7. The number of aliphatic hydroxyl groups excluding tert-OH is 3. The van der Waals surface area contributed by atoms with Crippen LogP contribution in [0.25, 0.3) is 0 Å². The Balaban J connectivity index is 2.73. The van der Waals surface area contributed by atoms with Crippen LogP contribution in [0, 0.1) is 0 Å². The molecule has 1 fully saturated rings. The van der Waals surface area contributed by atoms with Gasteiger partial charge in [-0.2, -0.15) is 0 Å². The minimum atomic E-state index is -2.03. The number of carboxylic acid groups (broad SMARTS) is 1. The Kier molecular flexibility index (Phi) is 2.50. The Labute approximate surface area is 72.2 Å². The van der Waals surface area contributed by atoms with Gasteiger partial charge in [-0.25, -0.2) is 9.59 Å². The minimum absolute atomic E-state index is 1.14. The van der Waals surface area contributed by atoms with E-state index in [0.717, 1.165) is 0 Å². The van der Waals surface area contributed by atoms with Crippen LogP contribution in [-0.4, -0.2) is 56.8 Å². The molecule has 0 amide bonds. The number of hydrogen-bond donors (Lipinski definition) is 4. The van der Waals surface area contributed by atoms with Crippen molar-refractivity contribution in [1.29, 1.82) is 0 Å². The maximum atomic E-state index is 10.6. The first-order chi connectivity index (χ1) is 5.95. The highest BCUT2D eigenvalue weighted by Crippen LogP contribution is 2.18. The molecule has 1 heterocycles. The van der Waals surface area contributed by atoms with Crippen molar-refractivity contribution < 1.29 is 34.8 Å². The summed E-state index contributed by atoms with van der Waals surface area (Å²) in [5.41, 5.74) is 0. The van der Waals surface area contributed by atoms with Gasteiger partial charge in [0.2, 0.25) is 0 Å². The molecule has 1 aliphatic heterocycles. The molecule has 0 bridgehead atoms. The number of hydrogen-bond acceptors (Lipinski definition) is 6. The predicted octanol–water partition coefficient (Wildman–Crippen LogP) is -2.92. The summed E-state index contributed by atoms with van der Waals surface area (Å²) in [6.07, 6.45) is -7.14. The van der Waals surface area contributed by atoms with Crippen LogP contribution >= 0.6 is 0 Å². The molecule has 74 valence electrons. The average molecular weight is 192 g/mol. The molecule has 0 aliphatic carbocycles. The fraction of sp³-hybridized carbons (Fsp3) is 0.667. The van der Waals surface area contributed by atoms with Crippen molar-refractivity contribution >= 4 is 11.9 Å². The van der Waals surface area contributed by atoms with Crippen LogP contribution in [0.15, 0.2) is 0 Å². The molecule has 0 aromatic heterocycles. The summed E-state index contributed by atoms with van der Waals surface area (Å²) in [6.45, 7) is 0. The van der Waals surface area contributed by atoms with E-state index in [4.69, 9.17) is 20.4 Å². The van der Waals surface area contributed by atoms with Gasteiger partial charge in [-0.3, -0.25) is 0 Å². The highest BCUT2D eigenvalue weighted by Gasteiger charge is 2.48. The van der Waals surface area contributed by atoms with E-state index >= 15 is 0 Å². The van der Waals surface area contributed by atoms with Crippen molar-refractivity contribution in [2.45, 2.75) is 24.4 Å². The van der Waals surface area contributed by atoms with Crippen LogP contribution < -0.4 is 0 Å². The number of carbonyl (C=O) groups excluding carboxylic acids is 1. The Hall–Kier alpha value is -1.18. The van der Waals surface area contributed by atoms with Gasteiger partial charge in [0.25, 0.3) is 0 Å². The first-order valence-electron chi connectivity index (χ1n) is 3.42. The van der Waals surface area contributed by atoms with Gasteiger partial charge < -0.3 is 25.2 Å². The summed E-state index contributed by atoms with van der Waals surface area (Å²) in [4.78, 5) is 20.8. The number of ether oxygens (including phenoxy) is 1.